The Bertz CT molecular complexity index is 60.0. The summed E-state index contributed by atoms with van der Waals surface area (Å²) in [6.45, 7) is 0. The monoisotopic (exact) mass is 346 g/mol. The van der Waals surface area contributed by atoms with E-state index in [1.807, 2.05) is 0 Å². The minimum Gasteiger partial charge on any atom is -0.418 e. The fraction of sp³-hybridized carbons (Fsp3) is 0. The van der Waals surface area contributed by atoms with Crippen LogP contribution in [0.5, 0.6) is 0 Å². The van der Waals surface area contributed by atoms with E-state index >= 15 is 0 Å². The van der Waals surface area contributed by atoms with Crippen LogP contribution in [0.25, 0.3) is 0 Å². The Morgan fingerprint density at radius 3 is 0.500 bits per heavy atom. The topological polar surface area (TPSA) is 0 Å². The van der Waals surface area contributed by atoms with Crippen LogP contribution < -0.4 is 120 Å². The first-order valence-corrected chi connectivity index (χ1v) is 1.75. The van der Waals surface area contributed by atoms with Crippen LogP contribution in [-0.4, -0.2) is 14.5 Å². The van der Waals surface area contributed by atoms with E-state index in [9.17, 15) is 34.5 Å². The summed E-state index contributed by atoms with van der Waals surface area (Å²) in [5.41, 5.74) is 0. The van der Waals surface area contributed by atoms with Crippen molar-refractivity contribution in [2.45, 2.75) is 0 Å². The zero-order valence-electron chi connectivity index (χ0n) is 6.18. The summed E-state index contributed by atoms with van der Waals surface area (Å²) in [7, 11) is -12.0. The summed E-state index contributed by atoms with van der Waals surface area (Å²) in [5, 5.41) is 0. The molecule has 0 saturated heterocycles. The van der Waals surface area contributed by atoms with Gasteiger partial charge in [-0.25, -0.2) is 0 Å². The molecule has 0 nitrogen and oxygen atoms in total. The Hall–Kier alpha value is 3.26. The maximum Gasteiger partial charge on any atom is 1.00 e. The van der Waals surface area contributed by atoms with Gasteiger partial charge in [0.1, 0.15) is 0 Å². The van der Waals surface area contributed by atoms with E-state index < -0.39 is 14.5 Å². The average Bonchev–Trinajstić information content (AvgIpc) is 1.12. The minimum absolute atomic E-state index is 0. The number of halogens is 8. The molecule has 0 saturated carbocycles. The molecule has 0 unspecified atom stereocenters. The van der Waals surface area contributed by atoms with E-state index in [2.05, 4.69) is 0 Å². The third kappa shape index (κ3) is 188. The maximum absolute atomic E-state index is 9.75. The first kappa shape index (κ1) is 24.5. The van der Waals surface area contributed by atoms with Gasteiger partial charge >= 0.3 is 135 Å². The molecule has 0 bridgehead atoms. The molecule has 0 radical (unpaired) electrons. The fourth-order valence-electron chi connectivity index (χ4n) is 0. The Morgan fingerprint density at radius 2 is 0.500 bits per heavy atom. The predicted molar refractivity (Wildman–Crippen MR) is 20.4 cm³/mol. The van der Waals surface area contributed by atoms with E-state index in [1.165, 1.54) is 0 Å². The summed E-state index contributed by atoms with van der Waals surface area (Å²) in [6.07, 6.45) is 0. The van der Waals surface area contributed by atoms with Gasteiger partial charge in [-0.15, -0.1) is 0 Å². The second kappa shape index (κ2) is 10.8. The molecule has 12 heavy (non-hydrogen) atoms. The molecule has 0 aliphatic heterocycles. The molecule has 0 N–H and O–H groups in total. The molecule has 0 aromatic carbocycles. The van der Waals surface area contributed by atoms with Gasteiger partial charge in [0.2, 0.25) is 0 Å². The number of rotatable bonds is 0. The van der Waals surface area contributed by atoms with Crippen molar-refractivity contribution in [2.24, 2.45) is 0 Å². The van der Waals surface area contributed by atoms with Gasteiger partial charge in [-0.2, -0.15) is 0 Å². The summed E-state index contributed by atoms with van der Waals surface area (Å²) >= 11 is 0. The van der Waals surface area contributed by atoms with Crippen LogP contribution >= 0.6 is 0 Å². The quantitative estimate of drug-likeness (QED) is 0.317. The molecular weight excluding hydrogens is 346 g/mol. The van der Waals surface area contributed by atoms with Crippen LogP contribution in [0, 0.1) is 0 Å². The van der Waals surface area contributed by atoms with E-state index in [0.29, 0.717) is 0 Å². The van der Waals surface area contributed by atoms with Gasteiger partial charge in [0.25, 0.3) is 0 Å². The molecule has 12 heteroatoms. The number of hydrogen-bond donors (Lipinski definition) is 0. The van der Waals surface area contributed by atoms with E-state index in [0.717, 1.165) is 0 Å². The van der Waals surface area contributed by atoms with Gasteiger partial charge in [0.05, 0.1) is 0 Å². The zero-order chi connectivity index (χ0) is 9.00. The second-order valence-electron chi connectivity index (χ2n) is 0.990. The van der Waals surface area contributed by atoms with Crippen LogP contribution in [0.4, 0.5) is 34.5 Å². The van der Waals surface area contributed by atoms with Crippen LogP contribution in [0.1, 0.15) is 0 Å². The first-order chi connectivity index (χ1) is 4.00. The van der Waals surface area contributed by atoms with Crippen molar-refractivity contribution >= 4 is 14.5 Å². The normalized spacial score (nSPS) is 10.0. The van der Waals surface area contributed by atoms with Gasteiger partial charge in [0.15, 0.2) is 0 Å². The molecule has 64 valence electrons. The van der Waals surface area contributed by atoms with Crippen molar-refractivity contribution in [3.63, 3.8) is 0 Å². The van der Waals surface area contributed by atoms with Crippen molar-refractivity contribution in [2.75, 3.05) is 0 Å². The number of hydrogen-bond acceptors (Lipinski definition) is 0. The van der Waals surface area contributed by atoms with Gasteiger partial charge in [0, 0.05) is 0 Å². The molecule has 0 rings (SSSR count). The zero-order valence-corrected chi connectivity index (χ0v) is 15.6. The van der Waals surface area contributed by atoms with E-state index in [1.54, 1.807) is 0 Å². The summed E-state index contributed by atoms with van der Waals surface area (Å²) < 4.78 is 78.0. The molecule has 0 aliphatic carbocycles. The van der Waals surface area contributed by atoms with Crippen LogP contribution in [0.15, 0.2) is 0 Å². The molecule has 0 atom stereocenters. The predicted octanol–water partition coefficient (Wildman–Crippen LogP) is -3.39. The van der Waals surface area contributed by atoms with Gasteiger partial charge in [-0.05, 0) is 0 Å². The minimum atomic E-state index is -6.00. The second-order valence-corrected chi connectivity index (χ2v) is 0.990. The molecule has 0 aliphatic rings. The van der Waals surface area contributed by atoms with Crippen molar-refractivity contribution in [3.8, 4) is 0 Å². The molecule has 0 heterocycles. The average molecular weight is 346 g/mol. The van der Waals surface area contributed by atoms with Gasteiger partial charge in [-0.1, -0.05) is 0 Å². The molecule has 0 amide bonds. The summed E-state index contributed by atoms with van der Waals surface area (Å²) in [5.74, 6) is 0. The smallest absolute Gasteiger partial charge is 0.418 e. The largest absolute Gasteiger partial charge is 1.00 e. The summed E-state index contributed by atoms with van der Waals surface area (Å²) in [4.78, 5) is 0. The van der Waals surface area contributed by atoms with Gasteiger partial charge < -0.3 is 34.5 Å². The Kier molecular flexibility index (Phi) is 22.0. The molecule has 0 aromatic rings. The third-order valence-corrected chi connectivity index (χ3v) is 0. The van der Waals surface area contributed by atoms with Crippen molar-refractivity contribution in [3.05, 3.63) is 0 Å². The molecule has 0 spiro atoms. The molecular formula is B2CsF8K. The Labute approximate surface area is 165 Å². The molecule has 0 fully saturated rings. The third-order valence-electron chi connectivity index (χ3n) is 0. The fourth-order valence-corrected chi connectivity index (χ4v) is 0. The molecule has 0 aromatic heterocycles. The Morgan fingerprint density at radius 1 is 0.500 bits per heavy atom. The van der Waals surface area contributed by atoms with Crippen molar-refractivity contribution in [1.82, 2.24) is 0 Å². The summed E-state index contributed by atoms with van der Waals surface area (Å²) in [6, 6.07) is 0. The van der Waals surface area contributed by atoms with E-state index in [4.69, 9.17) is 0 Å². The Balaban J connectivity index is -0.0000000457. The van der Waals surface area contributed by atoms with Gasteiger partial charge in [-0.3, -0.25) is 0 Å². The van der Waals surface area contributed by atoms with E-state index in [-0.39, 0.29) is 120 Å². The van der Waals surface area contributed by atoms with Crippen LogP contribution in [-0.2, 0) is 0 Å². The standard InChI is InChI=1S/2BF4.Cs.K/c2*2-1(3,4)5;;/q2*-1;2*+1. The maximum atomic E-state index is 9.75. The van der Waals surface area contributed by atoms with Crippen molar-refractivity contribution < 1.29 is 155 Å². The SMILES string of the molecule is F[B-](F)(F)F.F[B-](F)(F)F.[Cs+].[K+]. The van der Waals surface area contributed by atoms with Crippen LogP contribution in [0.2, 0.25) is 0 Å². The van der Waals surface area contributed by atoms with Crippen LogP contribution in [0.3, 0.4) is 0 Å². The first-order valence-electron chi connectivity index (χ1n) is 1.75. The van der Waals surface area contributed by atoms with Crippen molar-refractivity contribution in [1.29, 1.82) is 0 Å².